The van der Waals surface area contributed by atoms with Crippen LogP contribution in [0.25, 0.3) is 0 Å². The second kappa shape index (κ2) is 2.49. The zero-order valence-corrected chi connectivity index (χ0v) is 5.78. The van der Waals surface area contributed by atoms with E-state index in [1.807, 2.05) is 0 Å². The number of hydrogen-bond acceptors (Lipinski definition) is 1. The average molecular weight is 112 g/mol. The number of likely N-dealkylation sites (tertiary alicyclic amines) is 1. The molecule has 47 valence electrons. The highest BCUT2D eigenvalue weighted by molar-refractivity contribution is 4.85. The van der Waals surface area contributed by atoms with Crippen LogP contribution in [0.4, 0.5) is 0 Å². The van der Waals surface area contributed by atoms with E-state index in [0.717, 1.165) is 0 Å². The predicted molar refractivity (Wildman–Crippen MR) is 35.4 cm³/mol. The summed E-state index contributed by atoms with van der Waals surface area (Å²) in [6.45, 7) is 3.49. The molecule has 0 saturated carbocycles. The summed E-state index contributed by atoms with van der Waals surface area (Å²) < 4.78 is 0. The molecule has 1 nitrogen and oxygen atoms in total. The zero-order chi connectivity index (χ0) is 5.98. The van der Waals surface area contributed by atoms with E-state index < -0.39 is 0 Å². The number of rotatable bonds is 0. The third-order valence-electron chi connectivity index (χ3n) is 1.93. The van der Waals surface area contributed by atoms with Gasteiger partial charge in [0.25, 0.3) is 0 Å². The molecule has 0 atom stereocenters. The van der Waals surface area contributed by atoms with Crippen LogP contribution in [-0.4, -0.2) is 18.5 Å². The van der Waals surface area contributed by atoms with Crippen molar-refractivity contribution in [2.75, 3.05) is 13.6 Å². The minimum Gasteiger partial charge on any atom is -0.299 e. The lowest BCUT2D eigenvalue weighted by atomic mass is 10.1. The van der Waals surface area contributed by atoms with Gasteiger partial charge in [-0.05, 0) is 33.4 Å². The summed E-state index contributed by atoms with van der Waals surface area (Å²) in [5.41, 5.74) is 0. The van der Waals surface area contributed by atoms with E-state index in [0.29, 0.717) is 0 Å². The van der Waals surface area contributed by atoms with E-state index in [1.54, 1.807) is 6.04 Å². The van der Waals surface area contributed by atoms with E-state index in [1.165, 1.54) is 25.8 Å². The van der Waals surface area contributed by atoms with Crippen LogP contribution in [-0.2, 0) is 0 Å². The normalized spacial score (nSPS) is 26.2. The smallest absolute Gasteiger partial charge is 0.0359 e. The number of piperidine rings is 1. The summed E-state index contributed by atoms with van der Waals surface area (Å²) in [5, 5.41) is 0. The van der Waals surface area contributed by atoms with Gasteiger partial charge in [0, 0.05) is 6.04 Å². The van der Waals surface area contributed by atoms with Crippen molar-refractivity contribution in [2.24, 2.45) is 0 Å². The van der Waals surface area contributed by atoms with Gasteiger partial charge in [-0.2, -0.15) is 0 Å². The molecule has 0 spiro atoms. The van der Waals surface area contributed by atoms with E-state index in [-0.39, 0.29) is 0 Å². The minimum atomic E-state index is 1.27. The molecule has 0 aromatic heterocycles. The summed E-state index contributed by atoms with van der Waals surface area (Å²) in [4.78, 5) is 2.35. The van der Waals surface area contributed by atoms with Crippen molar-refractivity contribution < 1.29 is 0 Å². The van der Waals surface area contributed by atoms with Crippen LogP contribution in [0.2, 0.25) is 0 Å². The number of nitrogens with zero attached hydrogens (tertiary/aromatic N) is 1. The maximum atomic E-state index is 2.35. The Morgan fingerprint density at radius 3 is 2.50 bits per heavy atom. The third kappa shape index (κ3) is 1.22. The summed E-state index contributed by atoms with van der Waals surface area (Å²) in [6.07, 6.45) is 4.10. The average Bonchev–Trinajstić information content (AvgIpc) is 1.77. The molecule has 1 heterocycles. The first-order chi connectivity index (χ1) is 3.80. The van der Waals surface area contributed by atoms with Gasteiger partial charge in [-0.3, -0.25) is 4.90 Å². The van der Waals surface area contributed by atoms with Crippen molar-refractivity contribution in [2.45, 2.75) is 26.2 Å². The SMILES string of the molecule is C[C]1CCCCN1C. The highest BCUT2D eigenvalue weighted by Gasteiger charge is 2.13. The maximum Gasteiger partial charge on any atom is 0.0359 e. The fourth-order valence-electron chi connectivity index (χ4n) is 1.11. The predicted octanol–water partition coefficient (Wildman–Crippen LogP) is 1.65. The van der Waals surface area contributed by atoms with Crippen molar-refractivity contribution in [1.29, 1.82) is 0 Å². The summed E-state index contributed by atoms with van der Waals surface area (Å²) in [7, 11) is 2.18. The molecule has 1 saturated heterocycles. The van der Waals surface area contributed by atoms with Gasteiger partial charge in [0.1, 0.15) is 0 Å². The molecule has 0 bridgehead atoms. The second-order valence-electron chi connectivity index (χ2n) is 2.61. The van der Waals surface area contributed by atoms with E-state index in [2.05, 4.69) is 18.9 Å². The lowest BCUT2D eigenvalue weighted by Gasteiger charge is -2.28. The van der Waals surface area contributed by atoms with Gasteiger partial charge in [-0.25, -0.2) is 0 Å². The van der Waals surface area contributed by atoms with Gasteiger partial charge in [0.15, 0.2) is 0 Å². The van der Waals surface area contributed by atoms with Crippen molar-refractivity contribution in [3.63, 3.8) is 0 Å². The van der Waals surface area contributed by atoms with E-state index in [9.17, 15) is 0 Å². The molecule has 0 aromatic carbocycles. The van der Waals surface area contributed by atoms with Crippen molar-refractivity contribution in [3.8, 4) is 0 Å². The molecule has 0 amide bonds. The van der Waals surface area contributed by atoms with Gasteiger partial charge in [-0.1, -0.05) is 6.42 Å². The zero-order valence-electron chi connectivity index (χ0n) is 5.78. The van der Waals surface area contributed by atoms with E-state index in [4.69, 9.17) is 0 Å². The molecule has 1 aliphatic heterocycles. The number of hydrogen-bond donors (Lipinski definition) is 0. The first kappa shape index (κ1) is 6.09. The van der Waals surface area contributed by atoms with Gasteiger partial charge in [-0.15, -0.1) is 0 Å². The minimum absolute atomic E-state index is 1.27. The van der Waals surface area contributed by atoms with Crippen LogP contribution in [0.15, 0.2) is 0 Å². The Balaban J connectivity index is 2.28. The first-order valence-corrected chi connectivity index (χ1v) is 3.34. The molecule has 1 radical (unpaired) electrons. The van der Waals surface area contributed by atoms with Crippen LogP contribution in [0.1, 0.15) is 26.2 Å². The largest absolute Gasteiger partial charge is 0.299 e. The Kier molecular flexibility index (Phi) is 1.90. The lowest BCUT2D eigenvalue weighted by Crippen LogP contribution is -2.27. The molecule has 0 aliphatic carbocycles. The standard InChI is InChI=1S/C7H14N/c1-7-5-3-4-6-8(7)2/h3-6H2,1-2H3. The van der Waals surface area contributed by atoms with Crippen LogP contribution < -0.4 is 0 Å². The Bertz CT molecular complexity index is 60.8. The van der Waals surface area contributed by atoms with Gasteiger partial charge in [0.2, 0.25) is 0 Å². The molecular formula is C7H14N. The highest BCUT2D eigenvalue weighted by atomic mass is 15.1. The van der Waals surface area contributed by atoms with Crippen LogP contribution in [0, 0.1) is 6.04 Å². The molecule has 1 heteroatoms. The first-order valence-electron chi connectivity index (χ1n) is 3.34. The van der Waals surface area contributed by atoms with E-state index >= 15 is 0 Å². The second-order valence-corrected chi connectivity index (χ2v) is 2.61. The monoisotopic (exact) mass is 112 g/mol. The van der Waals surface area contributed by atoms with Gasteiger partial charge < -0.3 is 0 Å². The summed E-state index contributed by atoms with van der Waals surface area (Å²) in [6, 6.07) is 1.55. The maximum absolute atomic E-state index is 2.35. The van der Waals surface area contributed by atoms with Crippen LogP contribution in [0.3, 0.4) is 0 Å². The summed E-state index contributed by atoms with van der Waals surface area (Å²) in [5.74, 6) is 0. The molecule has 1 aliphatic rings. The Hall–Kier alpha value is -0.0400. The lowest BCUT2D eigenvalue weighted by molar-refractivity contribution is 0.282. The Morgan fingerprint density at radius 1 is 1.38 bits per heavy atom. The van der Waals surface area contributed by atoms with Gasteiger partial charge >= 0.3 is 0 Å². The molecule has 1 fully saturated rings. The van der Waals surface area contributed by atoms with Crippen molar-refractivity contribution in [1.82, 2.24) is 4.90 Å². The third-order valence-corrected chi connectivity index (χ3v) is 1.93. The molecular weight excluding hydrogens is 98.1 g/mol. The Morgan fingerprint density at radius 2 is 2.12 bits per heavy atom. The quantitative estimate of drug-likeness (QED) is 0.460. The van der Waals surface area contributed by atoms with Crippen LogP contribution in [0.5, 0.6) is 0 Å². The molecule has 1 rings (SSSR count). The van der Waals surface area contributed by atoms with Crippen LogP contribution >= 0.6 is 0 Å². The van der Waals surface area contributed by atoms with Crippen molar-refractivity contribution in [3.05, 3.63) is 6.04 Å². The summed E-state index contributed by atoms with van der Waals surface area (Å²) >= 11 is 0. The molecule has 0 N–H and O–H groups in total. The highest BCUT2D eigenvalue weighted by Crippen LogP contribution is 2.19. The fraction of sp³-hybridized carbons (Fsp3) is 0.857. The van der Waals surface area contributed by atoms with Crippen molar-refractivity contribution >= 4 is 0 Å². The molecule has 0 unspecified atom stereocenters. The molecule has 0 aromatic rings. The van der Waals surface area contributed by atoms with Gasteiger partial charge in [0.05, 0.1) is 0 Å². The topological polar surface area (TPSA) is 3.24 Å². The fourth-order valence-corrected chi connectivity index (χ4v) is 1.11. The molecule has 8 heavy (non-hydrogen) atoms. The Labute approximate surface area is 51.7 Å².